The maximum atomic E-state index is 15.0. The second kappa shape index (κ2) is 12.6. The van der Waals surface area contributed by atoms with Gasteiger partial charge < -0.3 is 20.5 Å². The van der Waals surface area contributed by atoms with Gasteiger partial charge in [0.1, 0.15) is 17.6 Å². The number of hydrogen-bond donors (Lipinski definition) is 3. The minimum atomic E-state index is -4.89. The van der Waals surface area contributed by atoms with E-state index < -0.39 is 41.5 Å². The molecule has 3 aromatic carbocycles. The van der Waals surface area contributed by atoms with Crippen LogP contribution in [0.3, 0.4) is 0 Å². The number of anilines is 1. The van der Waals surface area contributed by atoms with Crippen LogP contribution in [0.25, 0.3) is 5.69 Å². The van der Waals surface area contributed by atoms with Crippen molar-refractivity contribution in [2.45, 2.75) is 31.7 Å². The zero-order valence-electron chi connectivity index (χ0n) is 22.9. The van der Waals surface area contributed by atoms with Gasteiger partial charge in [-0.1, -0.05) is 30.3 Å². The summed E-state index contributed by atoms with van der Waals surface area (Å²) in [6.45, 7) is 0.290. The third-order valence-corrected chi connectivity index (χ3v) is 6.89. The number of nitrogens with one attached hydrogen (secondary N) is 2. The number of benzene rings is 3. The molecule has 44 heavy (non-hydrogen) atoms. The van der Waals surface area contributed by atoms with Gasteiger partial charge in [0.2, 0.25) is 0 Å². The molecule has 1 aliphatic carbocycles. The van der Waals surface area contributed by atoms with Crippen molar-refractivity contribution in [2.24, 2.45) is 5.92 Å². The van der Waals surface area contributed by atoms with Crippen molar-refractivity contribution < 1.29 is 37.0 Å². The fourth-order valence-corrected chi connectivity index (χ4v) is 4.52. The van der Waals surface area contributed by atoms with Crippen LogP contribution in [0.15, 0.2) is 72.8 Å². The number of nitrogens with zero attached hydrogens (tertiary/aromatic N) is 3. The second-order valence-electron chi connectivity index (χ2n) is 10.2. The normalized spacial score (nSPS) is 13.6. The van der Waals surface area contributed by atoms with E-state index in [9.17, 15) is 28.0 Å². The molecule has 1 saturated carbocycles. The number of rotatable bonds is 10. The first kappa shape index (κ1) is 30.2. The summed E-state index contributed by atoms with van der Waals surface area (Å²) < 4.78 is 62.9. The first-order valence-corrected chi connectivity index (χ1v) is 13.5. The van der Waals surface area contributed by atoms with Gasteiger partial charge in [-0.2, -0.15) is 23.5 Å². The molecule has 0 radical (unpaired) electrons. The molecule has 1 aromatic heterocycles. The van der Waals surface area contributed by atoms with Gasteiger partial charge in [0.05, 0.1) is 29.6 Å². The number of carbonyl (C=O) groups is 2. The maximum Gasteiger partial charge on any atom is 0.435 e. The zero-order chi connectivity index (χ0) is 31.4. The lowest BCUT2D eigenvalue weighted by Crippen LogP contribution is -2.20. The van der Waals surface area contributed by atoms with Gasteiger partial charge in [-0.05, 0) is 71.8 Å². The van der Waals surface area contributed by atoms with Crippen LogP contribution in [-0.2, 0) is 17.5 Å². The number of aromatic nitrogens is 2. The molecule has 9 nitrogen and oxygen atoms in total. The van der Waals surface area contributed by atoms with Crippen LogP contribution in [0.2, 0.25) is 0 Å². The van der Waals surface area contributed by atoms with Crippen LogP contribution in [0, 0.1) is 23.1 Å². The number of amides is 2. The van der Waals surface area contributed by atoms with Crippen molar-refractivity contribution in [1.82, 2.24) is 15.1 Å². The Morgan fingerprint density at radius 3 is 2.52 bits per heavy atom. The molecule has 1 aliphatic rings. The largest absolute Gasteiger partial charge is 0.465 e. The highest BCUT2D eigenvalue weighted by Crippen LogP contribution is 2.35. The van der Waals surface area contributed by atoms with E-state index in [4.69, 9.17) is 9.84 Å². The standard InChI is InChI=1S/C31H25F4N5O4/c32-24-10-9-22(28(44-17-18-7-8-18)21-5-1-3-19(11-21)15-36)13-25(24)38-29(41)26-14-27(31(33,34)35)39-40(26)23-6-2-4-20(12-23)16-37-30(42)43/h1-6,9-14,18,28,37H,7-8,16-17H2,(H,38,41)(H,42,43). The topological polar surface area (TPSA) is 129 Å². The Bertz CT molecular complexity index is 1740. The van der Waals surface area contributed by atoms with Gasteiger partial charge in [0.15, 0.2) is 5.69 Å². The summed E-state index contributed by atoms with van der Waals surface area (Å²) >= 11 is 0. The molecule has 0 saturated heterocycles. The Hall–Kier alpha value is -5.22. The predicted octanol–water partition coefficient (Wildman–Crippen LogP) is 6.44. The molecule has 1 atom stereocenters. The van der Waals surface area contributed by atoms with Crippen molar-refractivity contribution in [3.05, 3.63) is 112 Å². The molecule has 3 N–H and O–H groups in total. The van der Waals surface area contributed by atoms with Gasteiger partial charge >= 0.3 is 12.3 Å². The Morgan fingerprint density at radius 2 is 1.82 bits per heavy atom. The zero-order valence-corrected chi connectivity index (χ0v) is 22.9. The smallest absolute Gasteiger partial charge is 0.435 e. The van der Waals surface area contributed by atoms with Crippen molar-refractivity contribution in [3.63, 3.8) is 0 Å². The predicted molar refractivity (Wildman–Crippen MR) is 149 cm³/mol. The first-order valence-electron chi connectivity index (χ1n) is 13.5. The molecule has 0 spiro atoms. The summed E-state index contributed by atoms with van der Waals surface area (Å²) in [5, 5.41) is 26.3. The van der Waals surface area contributed by atoms with Gasteiger partial charge in [0, 0.05) is 12.6 Å². The molecule has 226 valence electrons. The van der Waals surface area contributed by atoms with Crippen LogP contribution >= 0.6 is 0 Å². The number of nitriles is 1. The molecule has 13 heteroatoms. The highest BCUT2D eigenvalue weighted by Gasteiger charge is 2.36. The Labute approximate surface area is 248 Å². The molecule has 1 unspecified atom stereocenters. The fraction of sp³-hybridized carbons (Fsp3) is 0.226. The van der Waals surface area contributed by atoms with Crippen molar-refractivity contribution in [3.8, 4) is 11.8 Å². The number of ether oxygens (including phenoxy) is 1. The average Bonchev–Trinajstić information content (AvgIpc) is 3.71. The van der Waals surface area contributed by atoms with E-state index >= 15 is 4.39 Å². The summed E-state index contributed by atoms with van der Waals surface area (Å²) in [6, 6.07) is 19.1. The van der Waals surface area contributed by atoms with Crippen LogP contribution in [0.5, 0.6) is 0 Å². The van der Waals surface area contributed by atoms with E-state index in [2.05, 4.69) is 21.8 Å². The summed E-state index contributed by atoms with van der Waals surface area (Å²) in [5.74, 6) is -1.52. The highest BCUT2D eigenvalue weighted by atomic mass is 19.4. The van der Waals surface area contributed by atoms with Crippen LogP contribution in [0.1, 0.15) is 57.4 Å². The summed E-state index contributed by atoms with van der Waals surface area (Å²) in [5.41, 5.74) is -0.239. The maximum absolute atomic E-state index is 15.0. The Morgan fingerprint density at radius 1 is 1.07 bits per heavy atom. The van der Waals surface area contributed by atoms with E-state index in [-0.39, 0.29) is 17.9 Å². The number of hydrogen-bond acceptors (Lipinski definition) is 5. The van der Waals surface area contributed by atoms with Gasteiger partial charge in [0.25, 0.3) is 5.91 Å². The van der Waals surface area contributed by atoms with Crippen LogP contribution < -0.4 is 10.6 Å². The average molecular weight is 608 g/mol. The highest BCUT2D eigenvalue weighted by molar-refractivity contribution is 6.03. The van der Waals surface area contributed by atoms with Gasteiger partial charge in [-0.3, -0.25) is 4.79 Å². The first-order chi connectivity index (χ1) is 21.0. The van der Waals surface area contributed by atoms with E-state index in [0.717, 1.165) is 23.6 Å². The van der Waals surface area contributed by atoms with Crippen molar-refractivity contribution in [2.75, 3.05) is 11.9 Å². The van der Waals surface area contributed by atoms with Crippen LogP contribution in [-0.4, -0.2) is 33.5 Å². The molecule has 0 aliphatic heterocycles. The summed E-state index contributed by atoms with van der Waals surface area (Å²) in [4.78, 5) is 24.3. The molecule has 5 rings (SSSR count). The van der Waals surface area contributed by atoms with Crippen molar-refractivity contribution >= 4 is 17.7 Å². The molecular weight excluding hydrogens is 582 g/mol. The SMILES string of the molecule is N#Cc1cccc(C(OCC2CC2)c2ccc(F)c(NC(=O)c3cc(C(F)(F)F)nn3-c3cccc(CNC(=O)O)c3)c2)c1. The lowest BCUT2D eigenvalue weighted by Gasteiger charge is -2.20. The minimum absolute atomic E-state index is 0.0514. The number of carbonyl (C=O) groups excluding carboxylic acids is 1. The van der Waals surface area contributed by atoms with E-state index in [1.165, 1.54) is 30.3 Å². The quantitative estimate of drug-likeness (QED) is 0.178. The molecular formula is C31H25F4N5O4. The van der Waals surface area contributed by atoms with E-state index in [0.29, 0.717) is 40.8 Å². The third-order valence-electron chi connectivity index (χ3n) is 6.89. The lowest BCUT2D eigenvalue weighted by atomic mass is 9.99. The fourth-order valence-electron chi connectivity index (χ4n) is 4.52. The summed E-state index contributed by atoms with van der Waals surface area (Å²) in [6.07, 6.45) is -4.86. The second-order valence-corrected chi connectivity index (χ2v) is 10.2. The van der Waals surface area contributed by atoms with Gasteiger partial charge in [-0.15, -0.1) is 0 Å². The molecule has 1 fully saturated rings. The number of alkyl halides is 3. The third kappa shape index (κ3) is 7.22. The number of carboxylic acid groups (broad SMARTS) is 1. The summed E-state index contributed by atoms with van der Waals surface area (Å²) in [7, 11) is 0. The Balaban J connectivity index is 1.48. The minimum Gasteiger partial charge on any atom is -0.465 e. The molecule has 1 heterocycles. The Kier molecular flexibility index (Phi) is 8.64. The molecule has 4 aromatic rings. The molecule has 2 amide bonds. The van der Waals surface area contributed by atoms with Gasteiger partial charge in [-0.25, -0.2) is 13.9 Å². The number of halogens is 4. The van der Waals surface area contributed by atoms with Crippen molar-refractivity contribution in [1.29, 1.82) is 5.26 Å². The molecule has 0 bridgehead atoms. The lowest BCUT2D eigenvalue weighted by molar-refractivity contribution is -0.141. The van der Waals surface area contributed by atoms with Crippen LogP contribution in [0.4, 0.5) is 28.0 Å². The van der Waals surface area contributed by atoms with E-state index in [1.54, 1.807) is 30.3 Å². The van der Waals surface area contributed by atoms with E-state index in [1.807, 2.05) is 0 Å². The monoisotopic (exact) mass is 607 g/mol.